The highest BCUT2D eigenvalue weighted by Gasteiger charge is 2.19. The SMILES string of the molecule is CN1CCC(Nc2ccnc(N)n2)C1. The summed E-state index contributed by atoms with van der Waals surface area (Å²) in [5.41, 5.74) is 5.49. The minimum absolute atomic E-state index is 0.321. The lowest BCUT2D eigenvalue weighted by Crippen LogP contribution is -2.24. The van der Waals surface area contributed by atoms with Crippen molar-refractivity contribution in [2.75, 3.05) is 31.2 Å². The van der Waals surface area contributed by atoms with Crippen LogP contribution in [-0.2, 0) is 0 Å². The predicted octanol–water partition coefficient (Wildman–Crippen LogP) is 0.175. The number of nitrogens with one attached hydrogen (secondary N) is 1. The third-order valence-electron chi connectivity index (χ3n) is 2.42. The Bertz CT molecular complexity index is 314. The molecular weight excluding hydrogens is 178 g/mol. The van der Waals surface area contributed by atoms with E-state index in [-0.39, 0.29) is 0 Å². The summed E-state index contributed by atoms with van der Waals surface area (Å²) < 4.78 is 0. The van der Waals surface area contributed by atoms with Gasteiger partial charge in [0.25, 0.3) is 0 Å². The molecule has 2 rings (SSSR count). The topological polar surface area (TPSA) is 67.1 Å². The molecule has 0 aliphatic carbocycles. The molecule has 1 aliphatic rings. The first kappa shape index (κ1) is 9.21. The van der Waals surface area contributed by atoms with Gasteiger partial charge in [0, 0.05) is 18.8 Å². The van der Waals surface area contributed by atoms with Gasteiger partial charge in [0.05, 0.1) is 0 Å². The fourth-order valence-electron chi connectivity index (χ4n) is 1.72. The largest absolute Gasteiger partial charge is 0.368 e. The van der Waals surface area contributed by atoms with Gasteiger partial charge in [-0.1, -0.05) is 0 Å². The van der Waals surface area contributed by atoms with Gasteiger partial charge in [-0.15, -0.1) is 0 Å². The van der Waals surface area contributed by atoms with Gasteiger partial charge in [-0.25, -0.2) is 4.98 Å². The number of hydrogen-bond donors (Lipinski definition) is 2. The summed E-state index contributed by atoms with van der Waals surface area (Å²) in [5.74, 6) is 1.14. The van der Waals surface area contributed by atoms with E-state index in [0.717, 1.165) is 25.3 Å². The third kappa shape index (κ3) is 2.11. The van der Waals surface area contributed by atoms with E-state index in [1.165, 1.54) is 0 Å². The summed E-state index contributed by atoms with van der Waals surface area (Å²) in [7, 11) is 2.12. The molecule has 2 heterocycles. The van der Waals surface area contributed by atoms with E-state index < -0.39 is 0 Å². The van der Waals surface area contributed by atoms with Crippen LogP contribution >= 0.6 is 0 Å². The van der Waals surface area contributed by atoms with Crippen LogP contribution in [0.4, 0.5) is 11.8 Å². The molecule has 14 heavy (non-hydrogen) atoms. The average molecular weight is 193 g/mol. The van der Waals surface area contributed by atoms with Gasteiger partial charge >= 0.3 is 0 Å². The predicted molar refractivity (Wildman–Crippen MR) is 56.0 cm³/mol. The van der Waals surface area contributed by atoms with E-state index >= 15 is 0 Å². The van der Waals surface area contributed by atoms with Crippen LogP contribution in [0.15, 0.2) is 12.3 Å². The van der Waals surface area contributed by atoms with Crippen molar-refractivity contribution in [2.45, 2.75) is 12.5 Å². The number of anilines is 2. The van der Waals surface area contributed by atoms with Crippen LogP contribution in [-0.4, -0.2) is 41.0 Å². The van der Waals surface area contributed by atoms with Gasteiger partial charge in [0.15, 0.2) is 0 Å². The van der Waals surface area contributed by atoms with E-state index in [1.54, 1.807) is 6.20 Å². The molecule has 0 radical (unpaired) electrons. The minimum atomic E-state index is 0.321. The summed E-state index contributed by atoms with van der Waals surface area (Å²) in [5, 5.41) is 3.34. The van der Waals surface area contributed by atoms with Gasteiger partial charge in [0.1, 0.15) is 5.82 Å². The van der Waals surface area contributed by atoms with Crippen LogP contribution in [0.3, 0.4) is 0 Å². The molecule has 0 saturated carbocycles. The molecule has 0 bridgehead atoms. The van der Waals surface area contributed by atoms with Gasteiger partial charge in [-0.3, -0.25) is 0 Å². The van der Waals surface area contributed by atoms with Gasteiger partial charge < -0.3 is 16.0 Å². The molecule has 3 N–H and O–H groups in total. The number of nitrogens with zero attached hydrogens (tertiary/aromatic N) is 3. The summed E-state index contributed by atoms with van der Waals surface area (Å²) in [6, 6.07) is 2.32. The first-order chi connectivity index (χ1) is 6.74. The van der Waals surface area contributed by atoms with Crippen molar-refractivity contribution >= 4 is 11.8 Å². The number of rotatable bonds is 2. The first-order valence-corrected chi connectivity index (χ1v) is 4.77. The Hall–Kier alpha value is -1.36. The number of nitrogens with two attached hydrogens (primary N) is 1. The molecule has 1 atom stereocenters. The fraction of sp³-hybridized carbons (Fsp3) is 0.556. The lowest BCUT2D eigenvalue weighted by Gasteiger charge is -2.13. The molecule has 76 valence electrons. The standard InChI is InChI=1S/C9H15N5/c1-14-5-3-7(6-14)12-8-2-4-11-9(10)13-8/h2,4,7H,3,5-6H2,1H3,(H3,10,11,12,13). The monoisotopic (exact) mass is 193 g/mol. The van der Waals surface area contributed by atoms with Crippen LogP contribution in [0.2, 0.25) is 0 Å². The van der Waals surface area contributed by atoms with Gasteiger partial charge in [0.2, 0.25) is 5.95 Å². The summed E-state index contributed by atoms with van der Waals surface area (Å²) in [6.07, 6.45) is 2.82. The quantitative estimate of drug-likeness (QED) is 0.701. The summed E-state index contributed by atoms with van der Waals surface area (Å²) in [6.45, 7) is 2.20. The second-order valence-electron chi connectivity index (χ2n) is 3.69. The van der Waals surface area contributed by atoms with Crippen molar-refractivity contribution in [2.24, 2.45) is 0 Å². The number of likely N-dealkylation sites (N-methyl/N-ethyl adjacent to an activating group) is 1. The summed E-state index contributed by atoms with van der Waals surface area (Å²) >= 11 is 0. The van der Waals surface area contributed by atoms with Crippen molar-refractivity contribution in [3.8, 4) is 0 Å². The van der Waals surface area contributed by atoms with E-state index in [2.05, 4.69) is 27.2 Å². The molecule has 5 nitrogen and oxygen atoms in total. The third-order valence-corrected chi connectivity index (χ3v) is 2.42. The molecule has 1 unspecified atom stereocenters. The molecule has 1 fully saturated rings. The zero-order valence-electron chi connectivity index (χ0n) is 8.27. The van der Waals surface area contributed by atoms with Crippen molar-refractivity contribution in [1.29, 1.82) is 0 Å². The zero-order valence-corrected chi connectivity index (χ0v) is 8.27. The molecule has 0 spiro atoms. The number of hydrogen-bond acceptors (Lipinski definition) is 5. The summed E-state index contributed by atoms with van der Waals surface area (Å²) in [4.78, 5) is 10.2. The van der Waals surface area contributed by atoms with E-state index in [1.807, 2.05) is 6.07 Å². The maximum absolute atomic E-state index is 5.49. The van der Waals surface area contributed by atoms with Crippen molar-refractivity contribution < 1.29 is 0 Å². The van der Waals surface area contributed by atoms with Crippen molar-refractivity contribution in [3.63, 3.8) is 0 Å². The van der Waals surface area contributed by atoms with Crippen LogP contribution in [0.1, 0.15) is 6.42 Å². The molecule has 1 aromatic rings. The Kier molecular flexibility index (Phi) is 2.49. The van der Waals surface area contributed by atoms with Crippen LogP contribution in [0.5, 0.6) is 0 Å². The highest BCUT2D eigenvalue weighted by atomic mass is 15.2. The molecule has 1 saturated heterocycles. The Labute approximate surface area is 83.3 Å². The Morgan fingerprint density at radius 2 is 2.50 bits per heavy atom. The highest BCUT2D eigenvalue weighted by Crippen LogP contribution is 2.12. The van der Waals surface area contributed by atoms with Crippen LogP contribution in [0.25, 0.3) is 0 Å². The van der Waals surface area contributed by atoms with E-state index in [9.17, 15) is 0 Å². The lowest BCUT2D eigenvalue weighted by atomic mass is 10.2. The van der Waals surface area contributed by atoms with Crippen molar-refractivity contribution in [3.05, 3.63) is 12.3 Å². The second-order valence-corrected chi connectivity index (χ2v) is 3.69. The molecule has 5 heteroatoms. The van der Waals surface area contributed by atoms with Crippen molar-refractivity contribution in [1.82, 2.24) is 14.9 Å². The number of likely N-dealkylation sites (tertiary alicyclic amines) is 1. The average Bonchev–Trinajstić information content (AvgIpc) is 2.51. The molecular formula is C9H15N5. The van der Waals surface area contributed by atoms with Crippen LogP contribution < -0.4 is 11.1 Å². The highest BCUT2D eigenvalue weighted by molar-refractivity contribution is 5.38. The lowest BCUT2D eigenvalue weighted by molar-refractivity contribution is 0.414. The minimum Gasteiger partial charge on any atom is -0.368 e. The van der Waals surface area contributed by atoms with E-state index in [0.29, 0.717) is 12.0 Å². The molecule has 0 aromatic carbocycles. The Balaban J connectivity index is 1.97. The number of nitrogen functional groups attached to an aromatic ring is 1. The Morgan fingerprint density at radius 3 is 3.14 bits per heavy atom. The second kappa shape index (κ2) is 3.79. The van der Waals surface area contributed by atoms with Gasteiger partial charge in [-0.05, 0) is 26.1 Å². The maximum Gasteiger partial charge on any atom is 0.221 e. The molecule has 0 amide bonds. The fourth-order valence-corrected chi connectivity index (χ4v) is 1.72. The van der Waals surface area contributed by atoms with Gasteiger partial charge in [-0.2, -0.15) is 4.98 Å². The maximum atomic E-state index is 5.49. The van der Waals surface area contributed by atoms with E-state index in [4.69, 9.17) is 5.73 Å². The normalized spacial score (nSPS) is 22.5. The zero-order chi connectivity index (χ0) is 9.97. The number of aromatic nitrogens is 2. The molecule has 1 aliphatic heterocycles. The smallest absolute Gasteiger partial charge is 0.221 e. The Morgan fingerprint density at radius 1 is 1.64 bits per heavy atom. The first-order valence-electron chi connectivity index (χ1n) is 4.77. The molecule has 1 aromatic heterocycles. The van der Waals surface area contributed by atoms with Crippen LogP contribution in [0, 0.1) is 0 Å².